The molecule has 19 heteroatoms. The second-order valence-electron chi connectivity index (χ2n) is 9.70. The number of nitrogens with one attached hydrogen (secondary N) is 1. The van der Waals surface area contributed by atoms with E-state index in [1.54, 1.807) is 30.5 Å². The summed E-state index contributed by atoms with van der Waals surface area (Å²) in [7, 11) is 3.91. The summed E-state index contributed by atoms with van der Waals surface area (Å²) in [6.07, 6.45) is -8.18. The van der Waals surface area contributed by atoms with Crippen molar-refractivity contribution in [1.82, 2.24) is 14.9 Å². The van der Waals surface area contributed by atoms with Gasteiger partial charge in [0.15, 0.2) is 11.6 Å². The maximum Gasteiger partial charge on any atom is 0.490 e. The van der Waals surface area contributed by atoms with E-state index >= 15 is 0 Å². The van der Waals surface area contributed by atoms with Gasteiger partial charge in [0, 0.05) is 18.3 Å². The van der Waals surface area contributed by atoms with E-state index < -0.39 is 36.0 Å². The SMILES string of the molecule is CN(C)CCOc1cc(-c2ccnc(N)n2)ccc1NC(=O)C1COc2c(F)cccc2C1.O=C(O)C(F)(F)F.O=C(O)C(F)(F)F. The summed E-state index contributed by atoms with van der Waals surface area (Å²) in [5, 5.41) is 17.2. The van der Waals surface area contributed by atoms with Crippen LogP contribution in [-0.4, -0.2) is 89.1 Å². The Morgan fingerprint density at radius 2 is 1.66 bits per heavy atom. The first-order valence-electron chi connectivity index (χ1n) is 13.1. The van der Waals surface area contributed by atoms with Crippen LogP contribution in [0.4, 0.5) is 42.4 Å². The molecule has 1 aliphatic heterocycles. The lowest BCUT2D eigenvalue weighted by atomic mass is 9.95. The Labute approximate surface area is 261 Å². The van der Waals surface area contributed by atoms with E-state index in [0.717, 1.165) is 5.56 Å². The number of alkyl halides is 6. The van der Waals surface area contributed by atoms with E-state index in [2.05, 4.69) is 15.3 Å². The number of ether oxygens (including phenoxy) is 2. The highest BCUT2D eigenvalue weighted by Crippen LogP contribution is 2.33. The maximum atomic E-state index is 13.9. The lowest BCUT2D eigenvalue weighted by Crippen LogP contribution is -2.33. The molecule has 2 heterocycles. The average Bonchev–Trinajstić information content (AvgIpc) is 2.97. The van der Waals surface area contributed by atoms with Crippen LogP contribution in [0, 0.1) is 11.7 Å². The number of amides is 1. The molecule has 0 radical (unpaired) electrons. The average molecular weight is 680 g/mol. The number of carboxylic acids is 2. The number of hydrogen-bond donors (Lipinski definition) is 4. The van der Waals surface area contributed by atoms with Gasteiger partial charge in [-0.05, 0) is 50.3 Å². The number of hydrogen-bond acceptors (Lipinski definition) is 9. The minimum absolute atomic E-state index is 0.106. The Bertz CT molecular complexity index is 1530. The molecule has 3 aromatic rings. The number of rotatable bonds is 7. The molecule has 1 amide bonds. The van der Waals surface area contributed by atoms with E-state index in [9.17, 15) is 35.5 Å². The fraction of sp³-hybridized carbons (Fsp3) is 0.321. The van der Waals surface area contributed by atoms with Crippen LogP contribution in [0.3, 0.4) is 0 Å². The van der Waals surface area contributed by atoms with E-state index in [1.807, 2.05) is 31.1 Å². The molecule has 0 fully saturated rings. The van der Waals surface area contributed by atoms with Crippen molar-refractivity contribution >= 4 is 29.5 Å². The molecule has 0 aliphatic carbocycles. The standard InChI is InChI=1S/C24H26FN5O3.2C2HF3O2/c1-30(2)10-11-32-21-13-15(19-8-9-27-24(26)29-19)6-7-20(21)28-23(31)17-12-16-4-3-5-18(25)22(16)33-14-17;2*3-2(4,5)1(6)7/h3-9,13,17H,10-12,14H2,1-2H3,(H,28,31)(H2,26,27,29);2*(H,6,7). The third kappa shape index (κ3) is 12.3. The first-order valence-corrected chi connectivity index (χ1v) is 13.1. The molecular weight excluding hydrogens is 651 g/mol. The highest BCUT2D eigenvalue weighted by atomic mass is 19.4. The monoisotopic (exact) mass is 679 g/mol. The molecule has 0 bridgehead atoms. The molecule has 256 valence electrons. The number of likely N-dealkylation sites (N-methyl/N-ethyl adjacent to an activating group) is 1. The number of carbonyl (C=O) groups excluding carboxylic acids is 1. The van der Waals surface area contributed by atoms with Gasteiger partial charge in [0.25, 0.3) is 0 Å². The van der Waals surface area contributed by atoms with Gasteiger partial charge >= 0.3 is 24.3 Å². The maximum absolute atomic E-state index is 13.9. The Morgan fingerprint density at radius 1 is 1.04 bits per heavy atom. The van der Waals surface area contributed by atoms with Gasteiger partial charge in [-0.15, -0.1) is 0 Å². The number of carboxylic acid groups (broad SMARTS) is 2. The fourth-order valence-electron chi connectivity index (χ4n) is 3.56. The van der Waals surface area contributed by atoms with E-state index in [0.29, 0.717) is 42.3 Å². The molecule has 47 heavy (non-hydrogen) atoms. The molecule has 1 atom stereocenters. The number of fused-ring (bicyclic) bond motifs is 1. The Morgan fingerprint density at radius 3 is 2.21 bits per heavy atom. The molecule has 12 nitrogen and oxygen atoms in total. The van der Waals surface area contributed by atoms with Crippen LogP contribution < -0.4 is 20.5 Å². The Kier molecular flexibility index (Phi) is 13.2. The molecule has 1 aliphatic rings. The third-order valence-corrected chi connectivity index (χ3v) is 5.81. The molecule has 0 saturated heterocycles. The fourth-order valence-corrected chi connectivity index (χ4v) is 3.56. The van der Waals surface area contributed by atoms with Gasteiger partial charge < -0.3 is 35.6 Å². The zero-order chi connectivity index (χ0) is 35.5. The predicted octanol–water partition coefficient (Wildman–Crippen LogP) is 4.26. The van der Waals surface area contributed by atoms with Crippen molar-refractivity contribution in [3.63, 3.8) is 0 Å². The minimum atomic E-state index is -5.08. The number of nitrogens with two attached hydrogens (primary N) is 1. The van der Waals surface area contributed by atoms with Gasteiger partial charge in [-0.3, -0.25) is 4.79 Å². The minimum Gasteiger partial charge on any atom is -0.490 e. The zero-order valence-electron chi connectivity index (χ0n) is 24.5. The van der Waals surface area contributed by atoms with Crippen molar-refractivity contribution in [2.75, 3.05) is 44.9 Å². The number of benzene rings is 2. The molecule has 0 saturated carbocycles. The predicted molar refractivity (Wildman–Crippen MR) is 151 cm³/mol. The van der Waals surface area contributed by atoms with Crippen molar-refractivity contribution in [2.45, 2.75) is 18.8 Å². The second-order valence-corrected chi connectivity index (χ2v) is 9.70. The number of aromatic nitrogens is 2. The summed E-state index contributed by atoms with van der Waals surface area (Å²) in [6, 6.07) is 11.9. The number of carbonyl (C=O) groups is 3. The summed E-state index contributed by atoms with van der Waals surface area (Å²) in [6.45, 7) is 1.25. The van der Waals surface area contributed by atoms with Gasteiger partial charge in [0.1, 0.15) is 19.0 Å². The Balaban J connectivity index is 0.000000459. The van der Waals surface area contributed by atoms with Gasteiger partial charge in [0.05, 0.1) is 17.3 Å². The number of aliphatic carboxylic acids is 2. The summed E-state index contributed by atoms with van der Waals surface area (Å²) in [5.74, 6) is -5.68. The van der Waals surface area contributed by atoms with Crippen LogP contribution in [0.2, 0.25) is 0 Å². The summed E-state index contributed by atoms with van der Waals surface area (Å²) in [4.78, 5) is 41.0. The molecule has 5 N–H and O–H groups in total. The third-order valence-electron chi connectivity index (χ3n) is 5.81. The smallest absolute Gasteiger partial charge is 0.490 e. The molecule has 4 rings (SSSR count). The van der Waals surface area contributed by atoms with Crippen molar-refractivity contribution in [3.05, 3.63) is 60.0 Å². The number of para-hydroxylation sites is 1. The molecular formula is C28H28F7N5O7. The number of anilines is 2. The molecule has 0 spiro atoms. The van der Waals surface area contributed by atoms with Crippen molar-refractivity contribution in [3.8, 4) is 22.8 Å². The largest absolute Gasteiger partial charge is 0.490 e. The summed E-state index contributed by atoms with van der Waals surface area (Å²) < 4.78 is 88.9. The van der Waals surface area contributed by atoms with Crippen molar-refractivity contribution in [1.29, 1.82) is 0 Å². The number of nitrogen functional groups attached to an aromatic ring is 1. The molecule has 2 aromatic carbocycles. The second kappa shape index (κ2) is 16.4. The summed E-state index contributed by atoms with van der Waals surface area (Å²) >= 11 is 0. The molecule has 1 aromatic heterocycles. The quantitative estimate of drug-likeness (QED) is 0.263. The van der Waals surface area contributed by atoms with Crippen LogP contribution in [0.5, 0.6) is 11.5 Å². The van der Waals surface area contributed by atoms with E-state index in [-0.39, 0.29) is 24.2 Å². The van der Waals surface area contributed by atoms with Crippen molar-refractivity contribution in [2.24, 2.45) is 5.92 Å². The van der Waals surface area contributed by atoms with Crippen LogP contribution in [-0.2, 0) is 20.8 Å². The lowest BCUT2D eigenvalue weighted by Gasteiger charge is -2.25. The van der Waals surface area contributed by atoms with Gasteiger partial charge in [0.2, 0.25) is 11.9 Å². The zero-order valence-corrected chi connectivity index (χ0v) is 24.5. The Hall–Kier alpha value is -5.20. The number of nitrogens with zero attached hydrogens (tertiary/aromatic N) is 3. The highest BCUT2D eigenvalue weighted by Gasteiger charge is 2.39. The van der Waals surface area contributed by atoms with Gasteiger partial charge in [-0.1, -0.05) is 18.2 Å². The first kappa shape index (κ1) is 38.0. The first-order chi connectivity index (χ1) is 21.8. The molecule has 1 unspecified atom stereocenters. The van der Waals surface area contributed by atoms with Crippen LogP contribution in [0.15, 0.2) is 48.7 Å². The topological polar surface area (TPSA) is 177 Å². The van der Waals surface area contributed by atoms with Crippen LogP contribution in [0.1, 0.15) is 5.56 Å². The van der Waals surface area contributed by atoms with E-state index in [4.69, 9.17) is 35.0 Å². The van der Waals surface area contributed by atoms with Crippen molar-refractivity contribution < 1.29 is 64.8 Å². The lowest BCUT2D eigenvalue weighted by molar-refractivity contribution is -0.193. The van der Waals surface area contributed by atoms with Gasteiger partial charge in [-0.25, -0.2) is 23.9 Å². The number of halogens is 7. The summed E-state index contributed by atoms with van der Waals surface area (Å²) in [5.41, 5.74) is 8.37. The van der Waals surface area contributed by atoms with Crippen LogP contribution >= 0.6 is 0 Å². The van der Waals surface area contributed by atoms with Crippen LogP contribution in [0.25, 0.3) is 11.3 Å². The normalized spacial score (nSPS) is 13.9. The highest BCUT2D eigenvalue weighted by molar-refractivity contribution is 5.95. The van der Waals surface area contributed by atoms with Gasteiger partial charge in [-0.2, -0.15) is 26.3 Å². The van der Waals surface area contributed by atoms with E-state index in [1.165, 1.54) is 6.07 Å².